The second kappa shape index (κ2) is 4.27. The molecule has 1 amide bonds. The zero-order chi connectivity index (χ0) is 11.8. The van der Waals surface area contributed by atoms with Crippen molar-refractivity contribution >= 4 is 17.5 Å². The van der Waals surface area contributed by atoms with Crippen LogP contribution in [0.1, 0.15) is 29.6 Å². The van der Waals surface area contributed by atoms with Crippen molar-refractivity contribution in [2.75, 3.05) is 0 Å². The highest BCUT2D eigenvalue weighted by Gasteiger charge is 2.41. The van der Waals surface area contributed by atoms with E-state index in [2.05, 4.69) is 10.3 Å². The molecule has 1 aromatic heterocycles. The molecule has 3 atom stereocenters. The van der Waals surface area contributed by atoms with Gasteiger partial charge in [0, 0.05) is 6.20 Å². The van der Waals surface area contributed by atoms with E-state index in [9.17, 15) is 4.79 Å². The molecule has 17 heavy (non-hydrogen) atoms. The van der Waals surface area contributed by atoms with Crippen LogP contribution in [-0.4, -0.2) is 29.1 Å². The highest BCUT2D eigenvalue weighted by molar-refractivity contribution is 6.32. The molecular weight excluding hydrogens is 240 g/mol. The molecule has 0 aromatic carbocycles. The Morgan fingerprint density at radius 3 is 3.06 bits per heavy atom. The number of nitrogens with one attached hydrogen (secondary N) is 1. The summed E-state index contributed by atoms with van der Waals surface area (Å²) in [5, 5.41) is 3.22. The minimum Gasteiger partial charge on any atom is -0.373 e. The molecule has 2 bridgehead atoms. The van der Waals surface area contributed by atoms with Gasteiger partial charge in [-0.25, -0.2) is 4.98 Å². The largest absolute Gasteiger partial charge is 0.373 e. The molecule has 2 aliphatic rings. The number of amides is 1. The molecule has 0 radical (unpaired) electrons. The van der Waals surface area contributed by atoms with Crippen molar-refractivity contribution in [2.45, 2.75) is 37.5 Å². The predicted molar refractivity (Wildman–Crippen MR) is 63.0 cm³/mol. The van der Waals surface area contributed by atoms with E-state index in [0.29, 0.717) is 11.7 Å². The Balaban J connectivity index is 1.70. The lowest BCUT2D eigenvalue weighted by Gasteiger charge is -2.20. The summed E-state index contributed by atoms with van der Waals surface area (Å²) in [5.74, 6) is -0.163. The van der Waals surface area contributed by atoms with Crippen molar-refractivity contribution in [1.29, 1.82) is 0 Å². The average Bonchev–Trinajstić information content (AvgIpc) is 2.91. The van der Waals surface area contributed by atoms with Crippen molar-refractivity contribution in [2.24, 2.45) is 0 Å². The maximum atomic E-state index is 12.0. The third kappa shape index (κ3) is 2.03. The monoisotopic (exact) mass is 252 g/mol. The minimum atomic E-state index is -0.163. The average molecular weight is 253 g/mol. The lowest BCUT2D eigenvalue weighted by atomic mass is 9.95. The zero-order valence-corrected chi connectivity index (χ0v) is 9.98. The van der Waals surface area contributed by atoms with Gasteiger partial charge in [0.1, 0.15) is 5.15 Å². The fourth-order valence-corrected chi connectivity index (χ4v) is 2.80. The van der Waals surface area contributed by atoms with Crippen LogP contribution in [0.15, 0.2) is 18.3 Å². The summed E-state index contributed by atoms with van der Waals surface area (Å²) < 4.78 is 5.69. The SMILES string of the molecule is O=C(NC1CC2CCC1O2)c1cccnc1Cl. The van der Waals surface area contributed by atoms with Crippen LogP contribution in [0.2, 0.25) is 5.15 Å². The number of carbonyl (C=O) groups excluding carboxylic acids is 1. The number of hydrogen-bond donors (Lipinski definition) is 1. The van der Waals surface area contributed by atoms with Crippen LogP contribution in [0.3, 0.4) is 0 Å². The Hall–Kier alpha value is -1.13. The fraction of sp³-hybridized carbons (Fsp3) is 0.500. The molecule has 2 saturated heterocycles. The van der Waals surface area contributed by atoms with Crippen LogP contribution in [0.5, 0.6) is 0 Å². The Labute approximate surface area is 104 Å². The molecule has 0 aliphatic carbocycles. The number of nitrogens with zero attached hydrogens (tertiary/aromatic N) is 1. The summed E-state index contributed by atoms with van der Waals surface area (Å²) in [6.07, 6.45) is 5.14. The second-order valence-corrected chi connectivity index (χ2v) is 4.89. The highest BCUT2D eigenvalue weighted by atomic mass is 35.5. The summed E-state index contributed by atoms with van der Waals surface area (Å²) >= 11 is 5.88. The molecule has 3 rings (SSSR count). The van der Waals surface area contributed by atoms with E-state index in [-0.39, 0.29) is 23.2 Å². The first kappa shape index (κ1) is 11.0. The minimum absolute atomic E-state index is 0.123. The van der Waals surface area contributed by atoms with Crippen molar-refractivity contribution < 1.29 is 9.53 Å². The van der Waals surface area contributed by atoms with Gasteiger partial charge in [-0.05, 0) is 31.4 Å². The topological polar surface area (TPSA) is 51.2 Å². The molecule has 4 nitrogen and oxygen atoms in total. The Morgan fingerprint density at radius 2 is 2.41 bits per heavy atom. The second-order valence-electron chi connectivity index (χ2n) is 4.53. The van der Waals surface area contributed by atoms with Crippen LogP contribution < -0.4 is 5.32 Å². The maximum absolute atomic E-state index is 12.0. The molecule has 90 valence electrons. The first-order chi connectivity index (χ1) is 8.24. The number of hydrogen-bond acceptors (Lipinski definition) is 3. The van der Waals surface area contributed by atoms with Gasteiger partial charge >= 0.3 is 0 Å². The van der Waals surface area contributed by atoms with Crippen molar-refractivity contribution in [3.05, 3.63) is 29.0 Å². The standard InChI is InChI=1S/C12H13ClN2O2/c13-11-8(2-1-5-14-11)12(16)15-9-6-7-3-4-10(9)17-7/h1-2,5,7,9-10H,3-4,6H2,(H,15,16). The normalized spacial score (nSPS) is 30.5. The summed E-state index contributed by atoms with van der Waals surface area (Å²) in [7, 11) is 0. The first-order valence-corrected chi connectivity index (χ1v) is 6.18. The Bertz CT molecular complexity index is 452. The van der Waals surface area contributed by atoms with Crippen LogP contribution in [-0.2, 0) is 4.74 Å². The van der Waals surface area contributed by atoms with Gasteiger partial charge < -0.3 is 10.1 Å². The van der Waals surface area contributed by atoms with Gasteiger partial charge in [-0.1, -0.05) is 11.6 Å². The molecule has 3 heterocycles. The van der Waals surface area contributed by atoms with Crippen LogP contribution >= 0.6 is 11.6 Å². The van der Waals surface area contributed by atoms with Crippen LogP contribution in [0.4, 0.5) is 0 Å². The number of ether oxygens (including phenoxy) is 1. The van der Waals surface area contributed by atoms with E-state index in [0.717, 1.165) is 19.3 Å². The van der Waals surface area contributed by atoms with E-state index in [1.807, 2.05) is 0 Å². The third-order valence-corrected chi connectivity index (χ3v) is 3.73. The van der Waals surface area contributed by atoms with E-state index in [1.165, 1.54) is 0 Å². The maximum Gasteiger partial charge on any atom is 0.254 e. The molecule has 0 spiro atoms. The van der Waals surface area contributed by atoms with Gasteiger partial charge in [0.2, 0.25) is 0 Å². The van der Waals surface area contributed by atoms with Gasteiger partial charge in [0.15, 0.2) is 0 Å². The van der Waals surface area contributed by atoms with Gasteiger partial charge in [0.05, 0.1) is 23.8 Å². The number of fused-ring (bicyclic) bond motifs is 2. The molecule has 1 aromatic rings. The van der Waals surface area contributed by atoms with Crippen molar-refractivity contribution in [3.63, 3.8) is 0 Å². The smallest absolute Gasteiger partial charge is 0.254 e. The van der Waals surface area contributed by atoms with Crippen LogP contribution in [0, 0.1) is 0 Å². The molecule has 5 heteroatoms. The molecule has 1 N–H and O–H groups in total. The van der Waals surface area contributed by atoms with Gasteiger partial charge in [0.25, 0.3) is 5.91 Å². The highest BCUT2D eigenvalue weighted by Crippen LogP contribution is 2.34. The Morgan fingerprint density at radius 1 is 1.53 bits per heavy atom. The lowest BCUT2D eigenvalue weighted by Crippen LogP contribution is -2.41. The van der Waals surface area contributed by atoms with Gasteiger partial charge in [-0.15, -0.1) is 0 Å². The van der Waals surface area contributed by atoms with Gasteiger partial charge in [-0.2, -0.15) is 0 Å². The van der Waals surface area contributed by atoms with Crippen LogP contribution in [0.25, 0.3) is 0 Å². The molecule has 3 unspecified atom stereocenters. The number of carbonyl (C=O) groups is 1. The van der Waals surface area contributed by atoms with E-state index in [4.69, 9.17) is 16.3 Å². The summed E-state index contributed by atoms with van der Waals surface area (Å²) in [6, 6.07) is 3.51. The van der Waals surface area contributed by atoms with E-state index < -0.39 is 0 Å². The predicted octanol–water partition coefficient (Wildman–Crippen LogP) is 1.78. The third-order valence-electron chi connectivity index (χ3n) is 3.43. The fourth-order valence-electron chi connectivity index (χ4n) is 2.59. The van der Waals surface area contributed by atoms with Crippen molar-refractivity contribution in [1.82, 2.24) is 10.3 Å². The Kier molecular flexibility index (Phi) is 2.76. The summed E-state index contributed by atoms with van der Waals surface area (Å²) in [6.45, 7) is 0. The lowest BCUT2D eigenvalue weighted by molar-refractivity contribution is 0.0841. The summed E-state index contributed by atoms with van der Waals surface area (Å²) in [4.78, 5) is 15.9. The number of aromatic nitrogens is 1. The number of halogens is 1. The quantitative estimate of drug-likeness (QED) is 0.817. The molecule has 2 fully saturated rings. The molecule has 0 saturated carbocycles. The van der Waals surface area contributed by atoms with E-state index >= 15 is 0 Å². The first-order valence-electron chi connectivity index (χ1n) is 5.81. The number of rotatable bonds is 2. The molecule has 2 aliphatic heterocycles. The molecular formula is C12H13ClN2O2. The zero-order valence-electron chi connectivity index (χ0n) is 9.23. The van der Waals surface area contributed by atoms with Crippen molar-refractivity contribution in [3.8, 4) is 0 Å². The summed E-state index contributed by atoms with van der Waals surface area (Å²) in [5.41, 5.74) is 0.428. The van der Waals surface area contributed by atoms with E-state index in [1.54, 1.807) is 18.3 Å². The van der Waals surface area contributed by atoms with Gasteiger partial charge in [-0.3, -0.25) is 4.79 Å². The number of pyridine rings is 1.